The van der Waals surface area contributed by atoms with Crippen LogP contribution in [0, 0.1) is 0 Å². The van der Waals surface area contributed by atoms with Crippen molar-refractivity contribution >= 4 is 11.4 Å². The highest BCUT2D eigenvalue weighted by Gasteiger charge is 2.10. The standard InChI is InChI=1S/C19H26N2O2/c1-4-21(16-10-6-5-7-11-16)12-8-9-15-13-17(20)19(23-3)14-18(15)22-2/h5-7,10-11,13-14H,4,8-9,12,20H2,1-3H3. The van der Waals surface area contributed by atoms with Crippen LogP contribution in [-0.2, 0) is 6.42 Å². The lowest BCUT2D eigenvalue weighted by molar-refractivity contribution is 0.392. The molecule has 0 saturated heterocycles. The number of nitrogen functional groups attached to an aromatic ring is 1. The highest BCUT2D eigenvalue weighted by Crippen LogP contribution is 2.31. The van der Waals surface area contributed by atoms with E-state index in [0.29, 0.717) is 11.4 Å². The van der Waals surface area contributed by atoms with Crippen LogP contribution >= 0.6 is 0 Å². The van der Waals surface area contributed by atoms with Gasteiger partial charge in [-0.15, -0.1) is 0 Å². The zero-order valence-electron chi connectivity index (χ0n) is 14.2. The number of ether oxygens (including phenoxy) is 2. The molecule has 2 aromatic carbocycles. The third kappa shape index (κ3) is 4.31. The first-order chi connectivity index (χ1) is 11.2. The van der Waals surface area contributed by atoms with Crippen molar-refractivity contribution in [3.63, 3.8) is 0 Å². The molecule has 0 aliphatic rings. The Labute approximate surface area is 138 Å². The van der Waals surface area contributed by atoms with Crippen LogP contribution in [0.2, 0.25) is 0 Å². The lowest BCUT2D eigenvalue weighted by Gasteiger charge is -2.23. The summed E-state index contributed by atoms with van der Waals surface area (Å²) in [6.07, 6.45) is 1.95. The molecule has 0 saturated carbocycles. The van der Waals surface area contributed by atoms with Gasteiger partial charge in [-0.3, -0.25) is 0 Å². The number of nitrogens with zero attached hydrogens (tertiary/aromatic N) is 1. The van der Waals surface area contributed by atoms with E-state index < -0.39 is 0 Å². The number of hydrogen-bond donors (Lipinski definition) is 1. The van der Waals surface area contributed by atoms with Gasteiger partial charge < -0.3 is 20.1 Å². The SMILES string of the molecule is CCN(CCCc1cc(N)c(OC)cc1OC)c1ccccc1. The predicted molar refractivity (Wildman–Crippen MR) is 96.6 cm³/mol. The van der Waals surface area contributed by atoms with E-state index >= 15 is 0 Å². The number of hydrogen-bond acceptors (Lipinski definition) is 4. The Morgan fingerprint density at radius 1 is 1.00 bits per heavy atom. The van der Waals surface area contributed by atoms with Gasteiger partial charge in [-0.2, -0.15) is 0 Å². The second-order valence-corrected chi connectivity index (χ2v) is 5.42. The molecular formula is C19H26N2O2. The van der Waals surface area contributed by atoms with Crippen molar-refractivity contribution in [3.05, 3.63) is 48.0 Å². The van der Waals surface area contributed by atoms with Crippen LogP contribution in [0.3, 0.4) is 0 Å². The molecule has 4 heteroatoms. The van der Waals surface area contributed by atoms with Gasteiger partial charge in [0, 0.05) is 24.8 Å². The van der Waals surface area contributed by atoms with Gasteiger partial charge in [0.05, 0.1) is 19.9 Å². The smallest absolute Gasteiger partial charge is 0.145 e. The van der Waals surface area contributed by atoms with E-state index in [1.54, 1.807) is 14.2 Å². The van der Waals surface area contributed by atoms with Crippen molar-refractivity contribution in [2.45, 2.75) is 19.8 Å². The number of para-hydroxylation sites is 1. The van der Waals surface area contributed by atoms with Crippen molar-refractivity contribution in [2.75, 3.05) is 37.9 Å². The molecule has 0 bridgehead atoms. The highest BCUT2D eigenvalue weighted by atomic mass is 16.5. The molecule has 0 unspecified atom stereocenters. The summed E-state index contributed by atoms with van der Waals surface area (Å²) in [5.41, 5.74) is 9.05. The summed E-state index contributed by atoms with van der Waals surface area (Å²) in [6.45, 7) is 4.17. The van der Waals surface area contributed by atoms with E-state index in [1.165, 1.54) is 5.69 Å². The molecule has 2 N–H and O–H groups in total. The number of anilines is 2. The second-order valence-electron chi connectivity index (χ2n) is 5.42. The van der Waals surface area contributed by atoms with Gasteiger partial charge in [-0.25, -0.2) is 0 Å². The zero-order chi connectivity index (χ0) is 16.7. The molecule has 0 radical (unpaired) electrons. The third-order valence-corrected chi connectivity index (χ3v) is 4.01. The van der Waals surface area contributed by atoms with Gasteiger partial charge in [0.2, 0.25) is 0 Å². The highest BCUT2D eigenvalue weighted by molar-refractivity contribution is 5.59. The molecule has 0 heterocycles. The van der Waals surface area contributed by atoms with Crippen LogP contribution in [0.5, 0.6) is 11.5 Å². The van der Waals surface area contributed by atoms with Crippen LogP contribution < -0.4 is 20.1 Å². The lowest BCUT2D eigenvalue weighted by atomic mass is 10.1. The molecule has 4 nitrogen and oxygen atoms in total. The molecule has 0 fully saturated rings. The summed E-state index contributed by atoms with van der Waals surface area (Å²) in [5.74, 6) is 1.49. The van der Waals surface area contributed by atoms with Gasteiger partial charge in [-0.1, -0.05) is 18.2 Å². The minimum absolute atomic E-state index is 0.652. The Hall–Kier alpha value is -2.36. The maximum atomic E-state index is 6.01. The van der Waals surface area contributed by atoms with E-state index in [1.807, 2.05) is 18.2 Å². The Bertz CT molecular complexity index is 614. The molecule has 0 aliphatic carbocycles. The molecule has 2 rings (SSSR count). The number of methoxy groups -OCH3 is 2. The van der Waals surface area contributed by atoms with Crippen LogP contribution in [0.25, 0.3) is 0 Å². The first kappa shape index (κ1) is 17.0. The van der Waals surface area contributed by atoms with Crippen molar-refractivity contribution in [2.24, 2.45) is 0 Å². The summed E-state index contributed by atoms with van der Waals surface area (Å²) >= 11 is 0. The van der Waals surface area contributed by atoms with Crippen molar-refractivity contribution < 1.29 is 9.47 Å². The van der Waals surface area contributed by atoms with Crippen LogP contribution in [-0.4, -0.2) is 27.3 Å². The quantitative estimate of drug-likeness (QED) is 0.754. The summed E-state index contributed by atoms with van der Waals surface area (Å²) in [5, 5.41) is 0. The zero-order valence-corrected chi connectivity index (χ0v) is 14.2. The monoisotopic (exact) mass is 314 g/mol. The predicted octanol–water partition coefficient (Wildman–Crippen LogP) is 3.75. The van der Waals surface area contributed by atoms with Crippen molar-refractivity contribution in [3.8, 4) is 11.5 Å². The van der Waals surface area contributed by atoms with Gasteiger partial charge in [0.1, 0.15) is 11.5 Å². The molecule has 23 heavy (non-hydrogen) atoms. The molecule has 0 amide bonds. The molecular weight excluding hydrogens is 288 g/mol. The first-order valence-electron chi connectivity index (χ1n) is 8.00. The van der Waals surface area contributed by atoms with E-state index in [9.17, 15) is 0 Å². The van der Waals surface area contributed by atoms with E-state index in [4.69, 9.17) is 15.2 Å². The largest absolute Gasteiger partial charge is 0.496 e. The Kier molecular flexibility index (Phi) is 6.15. The first-order valence-corrected chi connectivity index (χ1v) is 8.00. The maximum absolute atomic E-state index is 6.01. The fourth-order valence-corrected chi connectivity index (χ4v) is 2.76. The molecule has 0 spiro atoms. The maximum Gasteiger partial charge on any atom is 0.145 e. The molecule has 2 aromatic rings. The number of aryl methyl sites for hydroxylation is 1. The minimum atomic E-state index is 0.652. The topological polar surface area (TPSA) is 47.7 Å². The van der Waals surface area contributed by atoms with Gasteiger partial charge >= 0.3 is 0 Å². The minimum Gasteiger partial charge on any atom is -0.496 e. The van der Waals surface area contributed by atoms with Gasteiger partial charge in [0.15, 0.2) is 0 Å². The van der Waals surface area contributed by atoms with Crippen LogP contribution in [0.1, 0.15) is 18.9 Å². The summed E-state index contributed by atoms with van der Waals surface area (Å²) in [6, 6.07) is 14.3. The summed E-state index contributed by atoms with van der Waals surface area (Å²) in [4.78, 5) is 2.37. The summed E-state index contributed by atoms with van der Waals surface area (Å²) in [7, 11) is 3.29. The van der Waals surface area contributed by atoms with E-state index in [-0.39, 0.29) is 0 Å². The second kappa shape index (κ2) is 8.32. The number of nitrogens with two attached hydrogens (primary N) is 1. The molecule has 0 aromatic heterocycles. The average molecular weight is 314 g/mol. The Morgan fingerprint density at radius 2 is 1.70 bits per heavy atom. The molecule has 0 atom stereocenters. The van der Waals surface area contributed by atoms with Crippen LogP contribution in [0.4, 0.5) is 11.4 Å². The molecule has 0 aliphatic heterocycles. The summed E-state index contributed by atoms with van der Waals surface area (Å²) < 4.78 is 10.7. The average Bonchev–Trinajstić information content (AvgIpc) is 2.59. The fourth-order valence-electron chi connectivity index (χ4n) is 2.76. The fraction of sp³-hybridized carbons (Fsp3) is 0.368. The normalized spacial score (nSPS) is 10.4. The van der Waals surface area contributed by atoms with E-state index in [0.717, 1.165) is 37.2 Å². The van der Waals surface area contributed by atoms with Gasteiger partial charge in [-0.05, 0) is 43.5 Å². The van der Waals surface area contributed by atoms with Crippen molar-refractivity contribution in [1.82, 2.24) is 0 Å². The lowest BCUT2D eigenvalue weighted by Crippen LogP contribution is -2.24. The molecule has 124 valence electrons. The number of benzene rings is 2. The Morgan fingerprint density at radius 3 is 2.30 bits per heavy atom. The number of rotatable bonds is 8. The van der Waals surface area contributed by atoms with Crippen LogP contribution in [0.15, 0.2) is 42.5 Å². The van der Waals surface area contributed by atoms with Crippen molar-refractivity contribution in [1.29, 1.82) is 0 Å². The van der Waals surface area contributed by atoms with Gasteiger partial charge in [0.25, 0.3) is 0 Å². The third-order valence-electron chi connectivity index (χ3n) is 4.01. The van der Waals surface area contributed by atoms with E-state index in [2.05, 4.69) is 36.1 Å². The Balaban J connectivity index is 2.01.